The van der Waals surface area contributed by atoms with Gasteiger partial charge in [-0.15, -0.1) is 5.10 Å². The number of aromatic nitrogens is 3. The van der Waals surface area contributed by atoms with Crippen LogP contribution in [0, 0.1) is 12.2 Å². The lowest BCUT2D eigenvalue weighted by molar-refractivity contribution is -0.0136. The fraction of sp³-hybridized carbons (Fsp3) is 0.409. The molecule has 1 amide bonds. The third-order valence-corrected chi connectivity index (χ3v) is 5.89. The predicted octanol–water partition coefficient (Wildman–Crippen LogP) is 2.28. The maximum absolute atomic E-state index is 11.6. The molecule has 0 spiro atoms. The average Bonchev–Trinajstić information content (AvgIpc) is 3.17. The Balaban J connectivity index is 1.48. The minimum Gasteiger partial charge on any atom is -0.390 e. The topological polar surface area (TPSA) is 96.8 Å². The Bertz CT molecular complexity index is 1010. The first-order chi connectivity index (χ1) is 13.8. The number of pyridine rings is 1. The van der Waals surface area contributed by atoms with Crippen LogP contribution in [0.5, 0.6) is 0 Å². The van der Waals surface area contributed by atoms with Crippen LogP contribution in [0.3, 0.4) is 0 Å². The molecule has 7 nitrogen and oxygen atoms in total. The van der Waals surface area contributed by atoms with E-state index in [4.69, 9.17) is 5.73 Å². The molecule has 7 heteroatoms. The van der Waals surface area contributed by atoms with E-state index in [2.05, 4.69) is 45.6 Å². The Morgan fingerprint density at radius 2 is 1.90 bits per heavy atom. The zero-order valence-electron chi connectivity index (χ0n) is 16.8. The number of hydrogen-bond acceptors (Lipinski definition) is 5. The van der Waals surface area contributed by atoms with Gasteiger partial charge in [0.2, 0.25) is 6.33 Å². The smallest absolute Gasteiger partial charge is 0.252 e. The van der Waals surface area contributed by atoms with Crippen LogP contribution < -0.4 is 5.73 Å². The maximum Gasteiger partial charge on any atom is 0.252 e. The summed E-state index contributed by atoms with van der Waals surface area (Å²) in [5.41, 5.74) is 8.61. The van der Waals surface area contributed by atoms with Crippen LogP contribution in [-0.4, -0.2) is 49.2 Å². The number of nitrogens with two attached hydrogens (primary N) is 1. The fourth-order valence-electron chi connectivity index (χ4n) is 4.11. The van der Waals surface area contributed by atoms with Crippen molar-refractivity contribution in [1.82, 2.24) is 19.5 Å². The van der Waals surface area contributed by atoms with Gasteiger partial charge < -0.3 is 10.8 Å². The van der Waals surface area contributed by atoms with Gasteiger partial charge >= 0.3 is 0 Å². The first-order valence-corrected chi connectivity index (χ1v) is 9.92. The van der Waals surface area contributed by atoms with E-state index >= 15 is 0 Å². The first-order valence-electron chi connectivity index (χ1n) is 9.92. The molecule has 4 rings (SSSR count). The van der Waals surface area contributed by atoms with Crippen LogP contribution >= 0.6 is 0 Å². The average molecular weight is 392 g/mol. The number of primary amides is 1. The fourth-order valence-corrected chi connectivity index (χ4v) is 4.11. The van der Waals surface area contributed by atoms with E-state index in [1.54, 1.807) is 10.6 Å². The van der Waals surface area contributed by atoms with E-state index < -0.39 is 11.5 Å². The van der Waals surface area contributed by atoms with E-state index in [-0.39, 0.29) is 0 Å². The van der Waals surface area contributed by atoms with Crippen LogP contribution in [0.4, 0.5) is 0 Å². The number of piperidine rings is 1. The van der Waals surface area contributed by atoms with E-state index in [0.29, 0.717) is 17.1 Å². The van der Waals surface area contributed by atoms with E-state index in [1.807, 2.05) is 19.9 Å². The van der Waals surface area contributed by atoms with Crippen molar-refractivity contribution in [2.24, 2.45) is 11.7 Å². The number of carbonyl (C=O) groups is 1. The van der Waals surface area contributed by atoms with Crippen molar-refractivity contribution in [2.45, 2.75) is 38.8 Å². The van der Waals surface area contributed by atoms with Crippen molar-refractivity contribution in [3.05, 3.63) is 53.9 Å². The van der Waals surface area contributed by atoms with Crippen LogP contribution in [-0.2, 0) is 6.54 Å². The number of nitrogens with zero attached hydrogens (tertiary/aromatic N) is 4. The zero-order valence-corrected chi connectivity index (χ0v) is 16.8. The molecule has 0 unspecified atom stereocenters. The highest BCUT2D eigenvalue weighted by Crippen LogP contribution is 2.29. The molecule has 0 atom stereocenters. The zero-order chi connectivity index (χ0) is 20.6. The highest BCUT2D eigenvalue weighted by Gasteiger charge is 2.30. The molecule has 0 bridgehead atoms. The maximum atomic E-state index is 11.6. The van der Waals surface area contributed by atoms with Gasteiger partial charge in [-0.3, -0.25) is 9.69 Å². The number of benzene rings is 1. The summed E-state index contributed by atoms with van der Waals surface area (Å²) in [7, 11) is 0. The molecule has 1 aliphatic rings. The Morgan fingerprint density at radius 3 is 2.52 bits per heavy atom. The number of likely N-dealkylation sites (tertiary alicyclic amines) is 1. The molecule has 1 radical (unpaired) electrons. The van der Waals surface area contributed by atoms with Crippen molar-refractivity contribution in [1.29, 1.82) is 0 Å². The van der Waals surface area contributed by atoms with Crippen LogP contribution in [0.15, 0.2) is 36.4 Å². The molecule has 1 aromatic carbocycles. The molecule has 0 aliphatic carbocycles. The summed E-state index contributed by atoms with van der Waals surface area (Å²) in [6, 6.07) is 11.8. The summed E-state index contributed by atoms with van der Waals surface area (Å²) in [5.74, 6) is -0.168. The minimum absolute atomic E-state index is 0.327. The minimum atomic E-state index is -0.595. The third-order valence-electron chi connectivity index (χ3n) is 5.89. The summed E-state index contributed by atoms with van der Waals surface area (Å²) in [4.78, 5) is 18.1. The molecule has 3 heterocycles. The van der Waals surface area contributed by atoms with Crippen LogP contribution in [0.2, 0.25) is 0 Å². The number of fused-ring (bicyclic) bond motifs is 1. The number of carbonyl (C=O) groups excluding carboxylic acids is 1. The highest BCUT2D eigenvalue weighted by atomic mass is 16.3. The van der Waals surface area contributed by atoms with Crippen molar-refractivity contribution < 1.29 is 9.90 Å². The summed E-state index contributed by atoms with van der Waals surface area (Å²) < 4.78 is 1.59. The Labute approximate surface area is 170 Å². The summed E-state index contributed by atoms with van der Waals surface area (Å²) in [5, 5.41) is 14.3. The Kier molecular flexibility index (Phi) is 5.10. The monoisotopic (exact) mass is 392 g/mol. The first kappa shape index (κ1) is 19.5. The highest BCUT2D eigenvalue weighted by molar-refractivity contribution is 5.99. The molecule has 1 aliphatic heterocycles. The van der Waals surface area contributed by atoms with Gasteiger partial charge in [-0.05, 0) is 63.4 Å². The number of rotatable bonds is 5. The standard InChI is InChI=1S/C22H26N5O2/c1-22(2,29)17-9-11-26(12-10-17)13-15-3-5-16(6-4-15)19-8-7-18(20(23)28)21-24-14-25-27(19)21/h3-8,17,29H,9-13H2,1-2H3,(H2,23,28). The molecule has 29 heavy (non-hydrogen) atoms. The van der Waals surface area contributed by atoms with Gasteiger partial charge in [0.05, 0.1) is 16.9 Å². The molecule has 1 saturated heterocycles. The Morgan fingerprint density at radius 1 is 1.21 bits per heavy atom. The quantitative estimate of drug-likeness (QED) is 0.694. The molecule has 3 aromatic rings. The molecular formula is C22H26N5O2. The van der Waals surface area contributed by atoms with Gasteiger partial charge in [-0.25, -0.2) is 9.50 Å². The Hall–Kier alpha value is -2.77. The number of amides is 1. The molecule has 0 saturated carbocycles. The summed E-state index contributed by atoms with van der Waals surface area (Å²) in [6.45, 7) is 6.71. The van der Waals surface area contributed by atoms with Gasteiger partial charge in [0.1, 0.15) is 0 Å². The number of aliphatic hydroxyl groups is 1. The second-order valence-corrected chi connectivity index (χ2v) is 8.34. The van der Waals surface area contributed by atoms with Crippen molar-refractivity contribution >= 4 is 11.6 Å². The lowest BCUT2D eigenvalue weighted by Gasteiger charge is -2.37. The molecule has 2 aromatic heterocycles. The van der Waals surface area contributed by atoms with Gasteiger partial charge in [0.15, 0.2) is 5.65 Å². The normalized spacial score (nSPS) is 16.4. The lowest BCUT2D eigenvalue weighted by atomic mass is 9.83. The van der Waals surface area contributed by atoms with Crippen LogP contribution in [0.25, 0.3) is 16.9 Å². The third kappa shape index (κ3) is 4.02. The van der Waals surface area contributed by atoms with Crippen molar-refractivity contribution in [3.63, 3.8) is 0 Å². The summed E-state index contributed by atoms with van der Waals surface area (Å²) >= 11 is 0. The van der Waals surface area contributed by atoms with E-state index in [0.717, 1.165) is 43.7 Å². The van der Waals surface area contributed by atoms with Gasteiger partial charge in [-0.2, -0.15) is 0 Å². The van der Waals surface area contributed by atoms with Gasteiger partial charge in [0.25, 0.3) is 5.91 Å². The molecular weight excluding hydrogens is 366 g/mol. The second kappa shape index (κ2) is 7.57. The lowest BCUT2D eigenvalue weighted by Crippen LogP contribution is -2.41. The van der Waals surface area contributed by atoms with E-state index in [1.165, 1.54) is 5.56 Å². The summed E-state index contributed by atoms with van der Waals surface area (Å²) in [6.07, 6.45) is 4.60. The molecule has 1 fully saturated rings. The largest absolute Gasteiger partial charge is 0.390 e. The predicted molar refractivity (Wildman–Crippen MR) is 110 cm³/mol. The van der Waals surface area contributed by atoms with E-state index in [9.17, 15) is 9.90 Å². The van der Waals surface area contributed by atoms with Crippen LogP contribution in [0.1, 0.15) is 42.6 Å². The molecule has 151 valence electrons. The van der Waals surface area contributed by atoms with Crippen molar-refractivity contribution in [2.75, 3.05) is 13.1 Å². The van der Waals surface area contributed by atoms with Gasteiger partial charge in [0, 0.05) is 12.1 Å². The second-order valence-electron chi connectivity index (χ2n) is 8.34. The number of hydrogen-bond donors (Lipinski definition) is 2. The molecule has 3 N–H and O–H groups in total. The SMILES string of the molecule is CC(C)(O)C1CCN(Cc2ccc(-c3ccc(C(N)=O)c4n[c]nn34)cc2)CC1. The van der Waals surface area contributed by atoms with Gasteiger partial charge in [-0.1, -0.05) is 24.3 Å². The van der Waals surface area contributed by atoms with Crippen molar-refractivity contribution in [3.8, 4) is 11.3 Å².